The summed E-state index contributed by atoms with van der Waals surface area (Å²) in [6.45, 7) is 1.41. The van der Waals surface area contributed by atoms with Gasteiger partial charge >= 0.3 is 5.97 Å². The Labute approximate surface area is 142 Å². The molecule has 2 aromatic carbocycles. The van der Waals surface area contributed by atoms with Crippen LogP contribution in [0.3, 0.4) is 0 Å². The molecule has 120 valence electrons. The quantitative estimate of drug-likeness (QED) is 0.831. The van der Waals surface area contributed by atoms with E-state index in [4.69, 9.17) is 27.9 Å². The summed E-state index contributed by atoms with van der Waals surface area (Å²) in [5, 5.41) is 2.78. The molecule has 0 radical (unpaired) electrons. The van der Waals surface area contributed by atoms with Crippen LogP contribution in [0.25, 0.3) is 0 Å². The summed E-state index contributed by atoms with van der Waals surface area (Å²) in [4.78, 5) is 24.0. The molecule has 7 heteroatoms. The van der Waals surface area contributed by atoms with Crippen LogP contribution < -0.4 is 5.32 Å². The van der Waals surface area contributed by atoms with E-state index in [0.29, 0.717) is 5.69 Å². The summed E-state index contributed by atoms with van der Waals surface area (Å²) in [5.74, 6) is -1.74. The van der Waals surface area contributed by atoms with E-state index in [2.05, 4.69) is 5.32 Å². The van der Waals surface area contributed by atoms with Gasteiger partial charge in [0.15, 0.2) is 6.10 Å². The van der Waals surface area contributed by atoms with E-state index in [1.807, 2.05) is 0 Å². The lowest BCUT2D eigenvalue weighted by atomic mass is 10.2. The van der Waals surface area contributed by atoms with Gasteiger partial charge in [0.2, 0.25) is 0 Å². The first-order valence-corrected chi connectivity index (χ1v) is 7.35. The third kappa shape index (κ3) is 4.43. The average molecular weight is 356 g/mol. The van der Waals surface area contributed by atoms with Crippen LogP contribution in [0.1, 0.15) is 17.3 Å². The number of nitrogens with one attached hydrogen (secondary N) is 1. The van der Waals surface area contributed by atoms with Crippen molar-refractivity contribution in [2.45, 2.75) is 13.0 Å². The minimum atomic E-state index is -1.07. The number of halogens is 3. The lowest BCUT2D eigenvalue weighted by Crippen LogP contribution is -2.30. The van der Waals surface area contributed by atoms with Crippen LogP contribution in [-0.4, -0.2) is 18.0 Å². The summed E-state index contributed by atoms with van der Waals surface area (Å²) in [6.07, 6.45) is -1.07. The second kappa shape index (κ2) is 7.44. The van der Waals surface area contributed by atoms with Crippen LogP contribution in [-0.2, 0) is 9.53 Å². The number of carbonyl (C=O) groups excluding carboxylic acids is 2. The molecule has 2 rings (SSSR count). The Morgan fingerprint density at radius 3 is 2.43 bits per heavy atom. The van der Waals surface area contributed by atoms with Crippen molar-refractivity contribution in [3.05, 3.63) is 63.9 Å². The molecule has 1 N–H and O–H groups in total. The molecule has 0 saturated heterocycles. The molecular weight excluding hydrogens is 344 g/mol. The molecule has 1 amide bonds. The van der Waals surface area contributed by atoms with Gasteiger partial charge in [0, 0.05) is 5.69 Å². The summed E-state index contributed by atoms with van der Waals surface area (Å²) in [6, 6.07) is 9.74. The summed E-state index contributed by atoms with van der Waals surface area (Å²) in [7, 11) is 0. The van der Waals surface area contributed by atoms with E-state index in [-0.39, 0.29) is 15.6 Å². The van der Waals surface area contributed by atoms with Crippen LogP contribution in [0, 0.1) is 5.82 Å². The van der Waals surface area contributed by atoms with Crippen molar-refractivity contribution in [2.75, 3.05) is 5.32 Å². The monoisotopic (exact) mass is 355 g/mol. The highest BCUT2D eigenvalue weighted by Gasteiger charge is 2.21. The molecule has 0 bridgehead atoms. The molecule has 1 atom stereocenters. The topological polar surface area (TPSA) is 55.4 Å². The molecule has 0 aliphatic heterocycles. The van der Waals surface area contributed by atoms with Crippen molar-refractivity contribution in [3.8, 4) is 0 Å². The van der Waals surface area contributed by atoms with Gasteiger partial charge in [-0.15, -0.1) is 0 Å². The minimum absolute atomic E-state index is 0.0605. The molecule has 0 spiro atoms. The van der Waals surface area contributed by atoms with Crippen molar-refractivity contribution >= 4 is 40.8 Å². The Morgan fingerprint density at radius 1 is 1.13 bits per heavy atom. The number of hydrogen-bond donors (Lipinski definition) is 1. The Balaban J connectivity index is 2.01. The standard InChI is InChI=1S/C16H12Cl2FNO3/c1-9(15(21)20-11-7-5-10(19)6-8-11)23-16(22)12-3-2-4-13(17)14(12)18/h2-9H,1H3,(H,20,21). The zero-order chi connectivity index (χ0) is 17.0. The summed E-state index contributed by atoms with van der Waals surface area (Å²) < 4.78 is 17.9. The molecule has 0 fully saturated rings. The first kappa shape index (κ1) is 17.2. The highest BCUT2D eigenvalue weighted by atomic mass is 35.5. The molecule has 0 aromatic heterocycles. The third-order valence-electron chi connectivity index (χ3n) is 2.94. The van der Waals surface area contributed by atoms with Gasteiger partial charge in [-0.3, -0.25) is 4.79 Å². The molecule has 1 unspecified atom stereocenters. The number of amides is 1. The minimum Gasteiger partial charge on any atom is -0.449 e. The highest BCUT2D eigenvalue weighted by molar-refractivity contribution is 6.43. The maximum absolute atomic E-state index is 12.8. The second-order valence-electron chi connectivity index (χ2n) is 4.65. The number of hydrogen-bond acceptors (Lipinski definition) is 3. The van der Waals surface area contributed by atoms with E-state index in [1.165, 1.54) is 43.3 Å². The maximum atomic E-state index is 12.8. The number of anilines is 1. The molecule has 0 saturated carbocycles. The van der Waals surface area contributed by atoms with Gasteiger partial charge in [0.1, 0.15) is 5.82 Å². The molecule has 0 aliphatic carbocycles. The van der Waals surface area contributed by atoms with Gasteiger partial charge in [0.05, 0.1) is 15.6 Å². The lowest BCUT2D eigenvalue weighted by Gasteiger charge is -2.14. The van der Waals surface area contributed by atoms with Gasteiger partial charge in [-0.1, -0.05) is 29.3 Å². The van der Waals surface area contributed by atoms with E-state index in [1.54, 1.807) is 6.07 Å². The van der Waals surface area contributed by atoms with Crippen LogP contribution in [0.2, 0.25) is 10.0 Å². The predicted molar refractivity (Wildman–Crippen MR) is 86.4 cm³/mol. The van der Waals surface area contributed by atoms with Crippen LogP contribution in [0.15, 0.2) is 42.5 Å². The largest absolute Gasteiger partial charge is 0.449 e. The fourth-order valence-electron chi connectivity index (χ4n) is 1.72. The lowest BCUT2D eigenvalue weighted by molar-refractivity contribution is -0.123. The van der Waals surface area contributed by atoms with Crippen molar-refractivity contribution in [3.63, 3.8) is 0 Å². The maximum Gasteiger partial charge on any atom is 0.340 e. The SMILES string of the molecule is CC(OC(=O)c1cccc(Cl)c1Cl)C(=O)Nc1ccc(F)cc1. The predicted octanol–water partition coefficient (Wildman–Crippen LogP) is 4.32. The zero-order valence-electron chi connectivity index (χ0n) is 12.0. The number of esters is 1. The fourth-order valence-corrected chi connectivity index (χ4v) is 2.09. The smallest absolute Gasteiger partial charge is 0.340 e. The van der Waals surface area contributed by atoms with Crippen LogP contribution in [0.5, 0.6) is 0 Å². The van der Waals surface area contributed by atoms with Crippen molar-refractivity contribution in [1.29, 1.82) is 0 Å². The van der Waals surface area contributed by atoms with Gasteiger partial charge in [0.25, 0.3) is 5.91 Å². The normalized spacial score (nSPS) is 11.7. The van der Waals surface area contributed by atoms with Gasteiger partial charge in [-0.25, -0.2) is 9.18 Å². The van der Waals surface area contributed by atoms with Gasteiger partial charge < -0.3 is 10.1 Å². The van der Waals surface area contributed by atoms with Crippen molar-refractivity contribution in [2.24, 2.45) is 0 Å². The van der Waals surface area contributed by atoms with Crippen LogP contribution in [0.4, 0.5) is 10.1 Å². The Kier molecular flexibility index (Phi) is 5.58. The highest BCUT2D eigenvalue weighted by Crippen LogP contribution is 2.26. The number of ether oxygens (including phenoxy) is 1. The molecule has 2 aromatic rings. The third-order valence-corrected chi connectivity index (χ3v) is 3.76. The Morgan fingerprint density at radius 2 is 1.78 bits per heavy atom. The fraction of sp³-hybridized carbons (Fsp3) is 0.125. The average Bonchev–Trinajstić information content (AvgIpc) is 2.52. The van der Waals surface area contributed by atoms with E-state index >= 15 is 0 Å². The number of benzene rings is 2. The van der Waals surface area contributed by atoms with Gasteiger partial charge in [-0.05, 0) is 43.3 Å². The van der Waals surface area contributed by atoms with Crippen molar-refractivity contribution in [1.82, 2.24) is 0 Å². The second-order valence-corrected chi connectivity index (χ2v) is 5.43. The van der Waals surface area contributed by atoms with Crippen molar-refractivity contribution < 1.29 is 18.7 Å². The number of carbonyl (C=O) groups is 2. The van der Waals surface area contributed by atoms with E-state index in [9.17, 15) is 14.0 Å². The van der Waals surface area contributed by atoms with E-state index < -0.39 is 23.8 Å². The zero-order valence-corrected chi connectivity index (χ0v) is 13.5. The Hall–Kier alpha value is -2.11. The molecule has 4 nitrogen and oxygen atoms in total. The van der Waals surface area contributed by atoms with Gasteiger partial charge in [-0.2, -0.15) is 0 Å². The summed E-state index contributed by atoms with van der Waals surface area (Å²) in [5.41, 5.74) is 0.459. The first-order valence-electron chi connectivity index (χ1n) is 6.60. The number of rotatable bonds is 4. The first-order chi connectivity index (χ1) is 10.9. The summed E-state index contributed by atoms with van der Waals surface area (Å²) >= 11 is 11.8. The molecule has 0 aliphatic rings. The van der Waals surface area contributed by atoms with Crippen LogP contribution >= 0.6 is 23.2 Å². The Bertz CT molecular complexity index is 735. The molecule has 0 heterocycles. The van der Waals surface area contributed by atoms with E-state index in [0.717, 1.165) is 0 Å². The molecular formula is C16H12Cl2FNO3. The molecule has 23 heavy (non-hydrogen) atoms.